The summed E-state index contributed by atoms with van der Waals surface area (Å²) in [6.45, 7) is 1.19. The Morgan fingerprint density at radius 2 is 1.84 bits per heavy atom. The molecule has 2 N–H and O–H groups in total. The van der Waals surface area contributed by atoms with Crippen LogP contribution in [0.5, 0.6) is 5.75 Å². The molecule has 3 aromatic rings. The van der Waals surface area contributed by atoms with Gasteiger partial charge in [0.25, 0.3) is 0 Å². The number of hydrogen-bond donors (Lipinski definition) is 2. The number of fused-ring (bicyclic) bond motifs is 1. The van der Waals surface area contributed by atoms with Gasteiger partial charge in [-0.15, -0.1) is 0 Å². The number of anilines is 1. The number of rotatable bonds is 11. The van der Waals surface area contributed by atoms with Crippen molar-refractivity contribution in [2.24, 2.45) is 0 Å². The lowest BCUT2D eigenvalue weighted by molar-refractivity contribution is -0.384. The second kappa shape index (κ2) is 10.2. The highest BCUT2D eigenvalue weighted by Crippen LogP contribution is 2.33. The van der Waals surface area contributed by atoms with Gasteiger partial charge in [0.2, 0.25) is 10.0 Å². The van der Waals surface area contributed by atoms with E-state index in [1.807, 2.05) is 30.3 Å². The lowest BCUT2D eigenvalue weighted by atomic mass is 10.1. The minimum atomic E-state index is -3.22. The van der Waals surface area contributed by atoms with E-state index >= 15 is 0 Å². The minimum absolute atomic E-state index is 0.111. The number of hydrogen-bond acceptors (Lipinski definition) is 7. The molecule has 9 nitrogen and oxygen atoms in total. The van der Waals surface area contributed by atoms with E-state index in [9.17, 15) is 18.5 Å². The maximum absolute atomic E-state index is 11.5. The minimum Gasteiger partial charge on any atom is -0.489 e. The molecule has 0 atom stereocenters. The third kappa shape index (κ3) is 6.63. The van der Waals surface area contributed by atoms with Gasteiger partial charge in [-0.2, -0.15) is 0 Å². The van der Waals surface area contributed by atoms with E-state index in [0.29, 0.717) is 54.9 Å². The van der Waals surface area contributed by atoms with Crippen LogP contribution in [0.2, 0.25) is 0 Å². The van der Waals surface area contributed by atoms with Gasteiger partial charge in [0.1, 0.15) is 24.2 Å². The standard InChI is InChI=1S/C21H24N4O5S/c1-31(28,29)24-12-6-5-11-22-21-18-10-9-17(30-15-16-7-3-2-4-8-16)13-19(18)23-14-20(21)25(26)27/h2-4,7-10,13-14,24H,5-6,11-12,15H2,1H3,(H,22,23). The first-order valence-electron chi connectivity index (χ1n) is 9.76. The molecule has 0 unspecified atom stereocenters. The van der Waals surface area contributed by atoms with Gasteiger partial charge in [0, 0.05) is 24.5 Å². The zero-order valence-electron chi connectivity index (χ0n) is 17.1. The number of pyridine rings is 1. The molecule has 2 aromatic carbocycles. The smallest absolute Gasteiger partial charge is 0.311 e. The Hall–Kier alpha value is -3.24. The summed E-state index contributed by atoms with van der Waals surface area (Å²) in [4.78, 5) is 15.2. The summed E-state index contributed by atoms with van der Waals surface area (Å²) >= 11 is 0. The van der Waals surface area contributed by atoms with Crippen LogP contribution in [0.3, 0.4) is 0 Å². The number of ether oxygens (including phenoxy) is 1. The Morgan fingerprint density at radius 1 is 1.10 bits per heavy atom. The molecule has 1 aromatic heterocycles. The van der Waals surface area contributed by atoms with Crippen LogP contribution in [-0.4, -0.2) is 37.7 Å². The predicted octanol–water partition coefficient (Wildman–Crippen LogP) is 3.46. The summed E-state index contributed by atoms with van der Waals surface area (Å²) in [6.07, 6.45) is 3.59. The molecule has 0 saturated carbocycles. The normalized spacial score (nSPS) is 11.4. The lowest BCUT2D eigenvalue weighted by Crippen LogP contribution is -2.23. The molecule has 10 heteroatoms. The molecule has 0 fully saturated rings. The molecule has 0 spiro atoms. The van der Waals surface area contributed by atoms with Crippen LogP contribution in [-0.2, 0) is 16.6 Å². The SMILES string of the molecule is CS(=O)(=O)NCCCCNc1c([N+](=O)[O-])cnc2cc(OCc3ccccc3)ccc12. The fourth-order valence-electron chi connectivity index (χ4n) is 3.04. The van der Waals surface area contributed by atoms with Crippen molar-refractivity contribution in [2.45, 2.75) is 19.4 Å². The zero-order valence-corrected chi connectivity index (χ0v) is 17.9. The number of unbranched alkanes of at least 4 members (excludes halogenated alkanes) is 1. The van der Waals surface area contributed by atoms with Crippen LogP contribution >= 0.6 is 0 Å². The molecule has 0 aliphatic heterocycles. The number of sulfonamides is 1. The Bertz CT molecular complexity index is 1150. The lowest BCUT2D eigenvalue weighted by Gasteiger charge is -2.12. The van der Waals surface area contributed by atoms with E-state index < -0.39 is 14.9 Å². The largest absolute Gasteiger partial charge is 0.489 e. The van der Waals surface area contributed by atoms with Crippen LogP contribution in [0.1, 0.15) is 18.4 Å². The highest BCUT2D eigenvalue weighted by atomic mass is 32.2. The summed E-state index contributed by atoms with van der Waals surface area (Å²) in [7, 11) is -3.22. The van der Waals surface area contributed by atoms with E-state index in [4.69, 9.17) is 4.74 Å². The van der Waals surface area contributed by atoms with Crippen molar-refractivity contribution in [1.82, 2.24) is 9.71 Å². The quantitative estimate of drug-likeness (QED) is 0.264. The maximum atomic E-state index is 11.5. The third-order valence-corrected chi connectivity index (χ3v) is 5.26. The van der Waals surface area contributed by atoms with Gasteiger partial charge in [0.05, 0.1) is 16.7 Å². The van der Waals surface area contributed by atoms with Gasteiger partial charge in [-0.3, -0.25) is 10.1 Å². The van der Waals surface area contributed by atoms with E-state index in [0.717, 1.165) is 11.8 Å². The van der Waals surface area contributed by atoms with Gasteiger partial charge in [-0.25, -0.2) is 18.1 Å². The van der Waals surface area contributed by atoms with Gasteiger partial charge in [-0.1, -0.05) is 30.3 Å². The molecule has 1 heterocycles. The van der Waals surface area contributed by atoms with E-state index in [1.54, 1.807) is 18.2 Å². The van der Waals surface area contributed by atoms with Gasteiger partial charge < -0.3 is 10.1 Å². The summed E-state index contributed by atoms with van der Waals surface area (Å²) < 4.78 is 30.4. The van der Waals surface area contributed by atoms with E-state index in [1.165, 1.54) is 6.20 Å². The van der Waals surface area contributed by atoms with Crippen molar-refractivity contribution in [3.63, 3.8) is 0 Å². The van der Waals surface area contributed by atoms with Crippen LogP contribution in [0, 0.1) is 10.1 Å². The average molecular weight is 445 g/mol. The molecular weight excluding hydrogens is 420 g/mol. The molecule has 0 saturated heterocycles. The average Bonchev–Trinajstić information content (AvgIpc) is 2.74. The van der Waals surface area contributed by atoms with Crippen molar-refractivity contribution in [2.75, 3.05) is 24.7 Å². The molecule has 0 aliphatic carbocycles. The van der Waals surface area contributed by atoms with Gasteiger partial charge in [-0.05, 0) is 30.5 Å². The molecular formula is C21H24N4O5S. The Kier molecular flexibility index (Phi) is 7.37. The summed E-state index contributed by atoms with van der Waals surface area (Å²) in [5, 5.41) is 15.2. The van der Waals surface area contributed by atoms with Crippen LogP contribution in [0.25, 0.3) is 10.9 Å². The monoisotopic (exact) mass is 444 g/mol. The molecule has 164 valence electrons. The molecule has 31 heavy (non-hydrogen) atoms. The van der Waals surface area contributed by atoms with Crippen molar-refractivity contribution in [3.8, 4) is 5.75 Å². The number of benzene rings is 2. The number of nitrogens with zero attached hydrogens (tertiary/aromatic N) is 2. The first-order valence-corrected chi connectivity index (χ1v) is 11.6. The van der Waals surface area contributed by atoms with E-state index in [2.05, 4.69) is 15.0 Å². The van der Waals surface area contributed by atoms with Crippen molar-refractivity contribution >= 4 is 32.3 Å². The van der Waals surface area contributed by atoms with Crippen molar-refractivity contribution in [1.29, 1.82) is 0 Å². The van der Waals surface area contributed by atoms with Crippen molar-refractivity contribution < 1.29 is 18.1 Å². The van der Waals surface area contributed by atoms with E-state index in [-0.39, 0.29) is 5.69 Å². The summed E-state index contributed by atoms with van der Waals surface area (Å²) in [6, 6.07) is 15.0. The van der Waals surface area contributed by atoms with Crippen molar-refractivity contribution in [3.05, 3.63) is 70.4 Å². The molecule has 0 aliphatic rings. The zero-order chi connectivity index (χ0) is 22.3. The molecule has 3 rings (SSSR count). The Balaban J connectivity index is 1.70. The summed E-state index contributed by atoms with van der Waals surface area (Å²) in [5.41, 5.74) is 1.89. The molecule has 0 amide bonds. The fourth-order valence-corrected chi connectivity index (χ4v) is 3.55. The fraction of sp³-hybridized carbons (Fsp3) is 0.286. The first-order chi connectivity index (χ1) is 14.8. The number of nitrogens with one attached hydrogen (secondary N) is 2. The second-order valence-electron chi connectivity index (χ2n) is 7.03. The topological polar surface area (TPSA) is 123 Å². The maximum Gasteiger partial charge on any atom is 0.311 e. The molecule has 0 bridgehead atoms. The third-order valence-electron chi connectivity index (χ3n) is 4.54. The molecule has 0 radical (unpaired) electrons. The first kappa shape index (κ1) is 22.4. The number of aromatic nitrogens is 1. The number of nitro groups is 1. The van der Waals surface area contributed by atoms with Gasteiger partial charge >= 0.3 is 5.69 Å². The highest BCUT2D eigenvalue weighted by molar-refractivity contribution is 7.88. The Morgan fingerprint density at radius 3 is 2.55 bits per heavy atom. The predicted molar refractivity (Wildman–Crippen MR) is 120 cm³/mol. The highest BCUT2D eigenvalue weighted by Gasteiger charge is 2.18. The summed E-state index contributed by atoms with van der Waals surface area (Å²) in [5.74, 6) is 0.621. The van der Waals surface area contributed by atoms with Gasteiger partial charge in [0.15, 0.2) is 0 Å². The second-order valence-corrected chi connectivity index (χ2v) is 8.86. The Labute approximate surface area is 180 Å². The van der Waals surface area contributed by atoms with Crippen LogP contribution in [0.15, 0.2) is 54.7 Å². The van der Waals surface area contributed by atoms with Crippen LogP contribution < -0.4 is 14.8 Å². The van der Waals surface area contributed by atoms with Crippen LogP contribution in [0.4, 0.5) is 11.4 Å².